The maximum absolute atomic E-state index is 14.8. The SMILES string of the molecule is COc1ccc2c(c1)C1CC1(C(=O)N1C3CCC1CN(C)C3)Cn1c-2c(C2CCCCC2)c2ccc(C(=O)O)cc21. The number of fused-ring (bicyclic) bond motifs is 9. The molecule has 2 bridgehead atoms. The number of piperazine rings is 1. The largest absolute Gasteiger partial charge is 0.497 e. The maximum atomic E-state index is 14.8. The van der Waals surface area contributed by atoms with E-state index in [0.717, 1.165) is 61.8 Å². The highest BCUT2D eigenvalue weighted by Gasteiger charge is 2.65. The van der Waals surface area contributed by atoms with Gasteiger partial charge in [-0.15, -0.1) is 0 Å². The van der Waals surface area contributed by atoms with E-state index in [1.54, 1.807) is 13.2 Å². The number of carbonyl (C=O) groups excluding carboxylic acids is 1. The molecule has 8 rings (SSSR count). The lowest BCUT2D eigenvalue weighted by atomic mass is 9.81. The van der Waals surface area contributed by atoms with Gasteiger partial charge in [0.2, 0.25) is 5.91 Å². The summed E-state index contributed by atoms with van der Waals surface area (Å²) in [6.45, 7) is 2.48. The predicted molar refractivity (Wildman–Crippen MR) is 158 cm³/mol. The monoisotopic (exact) mass is 553 g/mol. The molecule has 4 heterocycles. The second-order valence-corrected chi connectivity index (χ2v) is 13.4. The van der Waals surface area contributed by atoms with Gasteiger partial charge in [0.1, 0.15) is 5.75 Å². The van der Waals surface area contributed by atoms with Gasteiger partial charge >= 0.3 is 5.97 Å². The number of methoxy groups -OCH3 is 1. The molecule has 2 saturated carbocycles. The van der Waals surface area contributed by atoms with Crippen molar-refractivity contribution in [1.29, 1.82) is 0 Å². The van der Waals surface area contributed by atoms with E-state index >= 15 is 0 Å². The molecule has 4 atom stereocenters. The normalized spacial score (nSPS) is 29.0. The summed E-state index contributed by atoms with van der Waals surface area (Å²) in [5.74, 6) is 0.789. The Balaban J connectivity index is 1.35. The summed E-state index contributed by atoms with van der Waals surface area (Å²) in [6, 6.07) is 12.6. The third-order valence-electron chi connectivity index (χ3n) is 11.1. The molecule has 0 radical (unpaired) electrons. The van der Waals surface area contributed by atoms with E-state index < -0.39 is 11.4 Å². The van der Waals surface area contributed by atoms with E-state index in [0.29, 0.717) is 23.9 Å². The average molecular weight is 554 g/mol. The summed E-state index contributed by atoms with van der Waals surface area (Å²) in [7, 11) is 3.88. The third-order valence-corrected chi connectivity index (χ3v) is 11.1. The molecule has 1 amide bonds. The first-order valence-corrected chi connectivity index (χ1v) is 15.5. The van der Waals surface area contributed by atoms with Crippen LogP contribution in [0.2, 0.25) is 0 Å². The van der Waals surface area contributed by atoms with Gasteiger partial charge in [-0.25, -0.2) is 4.79 Å². The molecule has 2 aliphatic carbocycles. The summed E-state index contributed by atoms with van der Waals surface area (Å²) >= 11 is 0. The van der Waals surface area contributed by atoms with Crippen molar-refractivity contribution in [2.24, 2.45) is 5.41 Å². The highest BCUT2D eigenvalue weighted by Crippen LogP contribution is 2.66. The number of amides is 1. The summed E-state index contributed by atoms with van der Waals surface area (Å²) in [5, 5.41) is 11.1. The first-order valence-electron chi connectivity index (χ1n) is 15.5. The van der Waals surface area contributed by atoms with Gasteiger partial charge in [0.05, 0.1) is 23.8 Å². The molecular weight excluding hydrogens is 514 g/mol. The first-order chi connectivity index (χ1) is 19.9. The van der Waals surface area contributed by atoms with Crippen molar-refractivity contribution in [3.8, 4) is 17.0 Å². The molecule has 3 aliphatic heterocycles. The van der Waals surface area contributed by atoms with Crippen LogP contribution in [0.1, 0.15) is 84.7 Å². The Hall–Kier alpha value is -3.32. The van der Waals surface area contributed by atoms with E-state index in [1.807, 2.05) is 18.2 Å². The van der Waals surface area contributed by atoms with E-state index in [2.05, 4.69) is 33.5 Å². The van der Waals surface area contributed by atoms with Crippen LogP contribution >= 0.6 is 0 Å². The van der Waals surface area contributed by atoms with Crippen LogP contribution in [-0.4, -0.2) is 70.7 Å². The second kappa shape index (κ2) is 9.09. The van der Waals surface area contributed by atoms with Crippen molar-refractivity contribution in [2.45, 2.75) is 81.8 Å². The zero-order chi connectivity index (χ0) is 28.0. The Kier molecular flexibility index (Phi) is 5.63. The molecule has 2 saturated heterocycles. The van der Waals surface area contributed by atoms with Crippen LogP contribution in [0.15, 0.2) is 36.4 Å². The number of carboxylic acid groups (broad SMARTS) is 1. The molecule has 3 aromatic rings. The second-order valence-electron chi connectivity index (χ2n) is 13.4. The zero-order valence-corrected chi connectivity index (χ0v) is 24.1. The van der Waals surface area contributed by atoms with Crippen molar-refractivity contribution in [3.05, 3.63) is 53.1 Å². The van der Waals surface area contributed by atoms with Crippen molar-refractivity contribution >= 4 is 22.8 Å². The summed E-state index contributed by atoms with van der Waals surface area (Å²) in [5.41, 5.74) is 5.71. The molecule has 1 aromatic heterocycles. The van der Waals surface area contributed by atoms with Crippen LogP contribution in [0.3, 0.4) is 0 Å². The maximum Gasteiger partial charge on any atom is 0.335 e. The Morgan fingerprint density at radius 2 is 1.73 bits per heavy atom. The van der Waals surface area contributed by atoms with Crippen molar-refractivity contribution in [3.63, 3.8) is 0 Å². The van der Waals surface area contributed by atoms with Gasteiger partial charge in [-0.1, -0.05) is 25.3 Å². The number of rotatable bonds is 4. The fourth-order valence-corrected chi connectivity index (χ4v) is 9.12. The molecule has 214 valence electrons. The smallest absolute Gasteiger partial charge is 0.335 e. The lowest BCUT2D eigenvalue weighted by Crippen LogP contribution is -2.57. The number of ether oxygens (including phenoxy) is 1. The summed E-state index contributed by atoms with van der Waals surface area (Å²) in [6.07, 6.45) is 9.00. The average Bonchev–Trinajstić information content (AvgIpc) is 3.57. The molecule has 4 fully saturated rings. The Morgan fingerprint density at radius 1 is 0.976 bits per heavy atom. The van der Waals surface area contributed by atoms with Crippen molar-refractivity contribution < 1.29 is 19.4 Å². The molecule has 41 heavy (non-hydrogen) atoms. The molecule has 7 nitrogen and oxygen atoms in total. The minimum absolute atomic E-state index is 0.135. The topological polar surface area (TPSA) is 75.0 Å². The quantitative estimate of drug-likeness (QED) is 0.438. The number of aromatic nitrogens is 1. The molecule has 1 N–H and O–H groups in total. The fraction of sp³-hybridized carbons (Fsp3) is 0.529. The fourth-order valence-electron chi connectivity index (χ4n) is 9.12. The van der Waals surface area contributed by atoms with Crippen molar-refractivity contribution in [1.82, 2.24) is 14.4 Å². The predicted octanol–water partition coefficient (Wildman–Crippen LogP) is 5.86. The number of hydrogen-bond acceptors (Lipinski definition) is 4. The Labute approximate surface area is 241 Å². The third kappa shape index (κ3) is 3.67. The van der Waals surface area contributed by atoms with Crippen LogP contribution in [0.4, 0.5) is 0 Å². The van der Waals surface area contributed by atoms with E-state index in [-0.39, 0.29) is 18.0 Å². The number of hydrogen-bond donors (Lipinski definition) is 1. The number of aromatic carboxylic acids is 1. The highest BCUT2D eigenvalue weighted by molar-refractivity contribution is 6.00. The van der Waals surface area contributed by atoms with Crippen LogP contribution in [0.5, 0.6) is 5.75 Å². The van der Waals surface area contributed by atoms with Crippen LogP contribution in [-0.2, 0) is 11.3 Å². The Bertz CT molecular complexity index is 1570. The van der Waals surface area contributed by atoms with Crippen LogP contribution in [0.25, 0.3) is 22.2 Å². The molecular formula is C34H39N3O4. The molecule has 2 aromatic carbocycles. The van der Waals surface area contributed by atoms with Gasteiger partial charge in [0.15, 0.2) is 0 Å². The lowest BCUT2D eigenvalue weighted by molar-refractivity contribution is -0.143. The number of nitrogens with zero attached hydrogens (tertiary/aromatic N) is 3. The van der Waals surface area contributed by atoms with Gasteiger partial charge in [-0.2, -0.15) is 0 Å². The summed E-state index contributed by atoms with van der Waals surface area (Å²) in [4.78, 5) is 31.6. The van der Waals surface area contributed by atoms with Gasteiger partial charge in [0.25, 0.3) is 0 Å². The molecule has 5 aliphatic rings. The van der Waals surface area contributed by atoms with Crippen LogP contribution < -0.4 is 4.74 Å². The van der Waals surface area contributed by atoms with Gasteiger partial charge in [0, 0.05) is 54.1 Å². The lowest BCUT2D eigenvalue weighted by Gasteiger charge is -2.41. The number of likely N-dealkylation sites (tertiary alicyclic amines) is 1. The first kappa shape index (κ1) is 25.4. The number of likely N-dealkylation sites (N-methyl/N-ethyl adjacent to an activating group) is 1. The minimum Gasteiger partial charge on any atom is -0.497 e. The van der Waals surface area contributed by atoms with Gasteiger partial charge in [-0.3, -0.25) is 4.79 Å². The minimum atomic E-state index is -0.912. The Morgan fingerprint density at radius 3 is 2.44 bits per heavy atom. The summed E-state index contributed by atoms with van der Waals surface area (Å²) < 4.78 is 8.08. The molecule has 0 spiro atoms. The molecule has 7 heteroatoms. The van der Waals surface area contributed by atoms with E-state index in [9.17, 15) is 14.7 Å². The zero-order valence-electron chi connectivity index (χ0n) is 24.1. The van der Waals surface area contributed by atoms with Crippen molar-refractivity contribution in [2.75, 3.05) is 27.2 Å². The van der Waals surface area contributed by atoms with Gasteiger partial charge in [-0.05, 0) is 86.5 Å². The highest BCUT2D eigenvalue weighted by atomic mass is 16.5. The standard InChI is InChI=1S/C34H39N3O4/c1-35-17-22-9-10-23(18-35)37(22)33(40)34-16-28(34)27-15-24(41-2)11-13-25(27)31-30(20-6-4-3-5-7-20)26-12-8-21(32(38)39)14-29(26)36(31)19-34/h8,11-15,20,22-23,28H,3-7,9-10,16-19H2,1-2H3,(H,38,39). The van der Waals surface area contributed by atoms with E-state index in [1.165, 1.54) is 41.6 Å². The number of benzene rings is 2. The molecule has 4 unspecified atom stereocenters. The van der Waals surface area contributed by atoms with Crippen LogP contribution in [0, 0.1) is 5.41 Å². The number of carboxylic acids is 1. The van der Waals surface area contributed by atoms with E-state index in [4.69, 9.17) is 4.74 Å². The van der Waals surface area contributed by atoms with Gasteiger partial charge < -0.3 is 24.2 Å². The number of carbonyl (C=O) groups is 2.